The van der Waals surface area contributed by atoms with Crippen LogP contribution in [0, 0.1) is 0 Å². The van der Waals surface area contributed by atoms with E-state index in [1.807, 2.05) is 0 Å². The maximum absolute atomic E-state index is 3.49. The molecule has 0 aliphatic heterocycles. The van der Waals surface area contributed by atoms with Crippen molar-refractivity contribution in [3.63, 3.8) is 0 Å². The molecule has 0 amide bonds. The second-order valence-corrected chi connectivity index (χ2v) is 5.94. The lowest BCUT2D eigenvalue weighted by molar-refractivity contribution is 0.627. The third kappa shape index (κ3) is 7.16. The van der Waals surface area contributed by atoms with Crippen molar-refractivity contribution in [2.24, 2.45) is 0 Å². The fourth-order valence-electron chi connectivity index (χ4n) is 2.03. The van der Waals surface area contributed by atoms with Gasteiger partial charge < -0.3 is 5.32 Å². The zero-order valence-electron chi connectivity index (χ0n) is 12.4. The average Bonchev–Trinajstić information content (AvgIpc) is 2.55. The summed E-state index contributed by atoms with van der Waals surface area (Å²) in [6.07, 6.45) is 5.91. The molecule has 1 nitrogen and oxygen atoms in total. The van der Waals surface area contributed by atoms with E-state index >= 15 is 0 Å². The topological polar surface area (TPSA) is 12.0 Å². The Balaban J connectivity index is 1.47. The van der Waals surface area contributed by atoms with Crippen molar-refractivity contribution in [1.82, 2.24) is 5.32 Å². The smallest absolute Gasteiger partial charge is 0.0205 e. The van der Waals surface area contributed by atoms with Crippen LogP contribution < -0.4 is 5.32 Å². The van der Waals surface area contributed by atoms with Gasteiger partial charge in [0.1, 0.15) is 0 Å². The predicted octanol–water partition coefficient (Wildman–Crippen LogP) is 5.25. The van der Waals surface area contributed by atoms with Crippen molar-refractivity contribution >= 4 is 11.8 Å². The lowest BCUT2D eigenvalue weighted by atomic mass is 10.2. The molecular formula is C19H23NS. The van der Waals surface area contributed by atoms with Gasteiger partial charge in [-0.05, 0) is 48.9 Å². The molecule has 0 saturated carbocycles. The summed E-state index contributed by atoms with van der Waals surface area (Å²) >= 11 is 1.79. The maximum atomic E-state index is 3.49. The van der Waals surface area contributed by atoms with Crippen LogP contribution in [0.15, 0.2) is 77.0 Å². The highest BCUT2D eigenvalue weighted by atomic mass is 32.2. The number of nitrogens with one attached hydrogen (secondary N) is 1. The Labute approximate surface area is 132 Å². The van der Waals surface area contributed by atoms with Gasteiger partial charge in [0.25, 0.3) is 0 Å². The normalized spacial score (nSPS) is 11.0. The van der Waals surface area contributed by atoms with Gasteiger partial charge in [-0.25, -0.2) is 0 Å². The van der Waals surface area contributed by atoms with Gasteiger partial charge in [0.15, 0.2) is 0 Å². The number of allylic oxidation sites excluding steroid dienone is 1. The van der Waals surface area contributed by atoms with Crippen molar-refractivity contribution in [2.75, 3.05) is 6.54 Å². The summed E-state index contributed by atoms with van der Waals surface area (Å²) in [7, 11) is 0. The first-order chi connectivity index (χ1) is 10.4. The van der Waals surface area contributed by atoms with Gasteiger partial charge in [-0.15, -0.1) is 0 Å². The van der Waals surface area contributed by atoms with Crippen LogP contribution in [0.4, 0.5) is 0 Å². The molecule has 0 aliphatic carbocycles. The van der Waals surface area contributed by atoms with E-state index in [-0.39, 0.29) is 0 Å². The van der Waals surface area contributed by atoms with E-state index in [4.69, 9.17) is 0 Å². The number of benzene rings is 2. The molecule has 2 heteroatoms. The van der Waals surface area contributed by atoms with E-state index in [0.717, 1.165) is 19.5 Å². The summed E-state index contributed by atoms with van der Waals surface area (Å²) in [5.41, 5.74) is 1.36. The Morgan fingerprint density at radius 2 is 1.57 bits per heavy atom. The molecule has 2 rings (SSSR count). The van der Waals surface area contributed by atoms with Gasteiger partial charge >= 0.3 is 0 Å². The summed E-state index contributed by atoms with van der Waals surface area (Å²) in [5.74, 6) is 0. The highest BCUT2D eigenvalue weighted by Crippen LogP contribution is 2.18. The lowest BCUT2D eigenvalue weighted by Gasteiger charge is -2.03. The number of thioether (sulfide) groups is 1. The van der Waals surface area contributed by atoms with Crippen molar-refractivity contribution in [1.29, 1.82) is 0 Å². The fraction of sp³-hybridized carbons (Fsp3) is 0.263. The number of rotatable bonds is 9. The molecule has 0 bridgehead atoms. The van der Waals surface area contributed by atoms with E-state index < -0.39 is 0 Å². The maximum Gasteiger partial charge on any atom is 0.0205 e. The van der Waals surface area contributed by atoms with Crippen LogP contribution in [-0.2, 0) is 6.54 Å². The monoisotopic (exact) mass is 297 g/mol. The van der Waals surface area contributed by atoms with E-state index in [9.17, 15) is 0 Å². The Hall–Kier alpha value is -1.51. The first-order valence-electron chi connectivity index (χ1n) is 7.56. The summed E-state index contributed by atoms with van der Waals surface area (Å²) in [6, 6.07) is 21.1. The second-order valence-electron chi connectivity index (χ2n) is 4.96. The third-order valence-corrected chi connectivity index (χ3v) is 4.06. The zero-order valence-corrected chi connectivity index (χ0v) is 13.2. The highest BCUT2D eigenvalue weighted by Gasteiger charge is 1.91. The van der Waals surface area contributed by atoms with Crippen molar-refractivity contribution < 1.29 is 0 Å². The quantitative estimate of drug-likeness (QED) is 0.501. The zero-order chi connectivity index (χ0) is 14.6. The molecule has 2 aromatic carbocycles. The van der Waals surface area contributed by atoms with Gasteiger partial charge in [-0.3, -0.25) is 0 Å². The van der Waals surface area contributed by atoms with Gasteiger partial charge in [-0.2, -0.15) is 0 Å². The molecule has 21 heavy (non-hydrogen) atoms. The molecule has 0 heterocycles. The molecule has 2 aromatic rings. The lowest BCUT2D eigenvalue weighted by Crippen LogP contribution is -2.14. The molecule has 0 aromatic heterocycles. The number of unbranched alkanes of at least 4 members (excludes halogenated alkanes) is 2. The molecule has 0 fully saturated rings. The van der Waals surface area contributed by atoms with E-state index in [1.54, 1.807) is 11.8 Å². The van der Waals surface area contributed by atoms with Crippen LogP contribution in [0.25, 0.3) is 0 Å². The SMILES string of the molecule is C(=C\Sc1ccccc1)/CCCCNCc1ccccc1. The standard InChI is InChI=1S/C19H23NS/c1(2-10-16-21-19-13-7-4-8-14-19)9-15-20-17-18-11-5-3-6-12-18/h3-8,10-14,16,20H,1-2,9,15,17H2/b16-10+. The molecular weight excluding hydrogens is 274 g/mol. The summed E-state index contributed by atoms with van der Waals surface area (Å²) < 4.78 is 0. The fourth-order valence-corrected chi connectivity index (χ4v) is 2.74. The molecule has 0 saturated heterocycles. The van der Waals surface area contributed by atoms with Crippen molar-refractivity contribution in [3.05, 3.63) is 77.7 Å². The second kappa shape index (κ2) is 10.3. The first kappa shape index (κ1) is 15.9. The first-order valence-corrected chi connectivity index (χ1v) is 8.44. The van der Waals surface area contributed by atoms with Gasteiger partial charge in [0.2, 0.25) is 0 Å². The van der Waals surface area contributed by atoms with Crippen LogP contribution in [0.2, 0.25) is 0 Å². The van der Waals surface area contributed by atoms with Crippen molar-refractivity contribution in [2.45, 2.75) is 30.7 Å². The molecule has 0 unspecified atom stereocenters. The molecule has 1 N–H and O–H groups in total. The minimum atomic E-state index is 0.973. The van der Waals surface area contributed by atoms with Crippen molar-refractivity contribution in [3.8, 4) is 0 Å². The summed E-state index contributed by atoms with van der Waals surface area (Å²) in [5, 5.41) is 5.69. The van der Waals surface area contributed by atoms with Crippen LogP contribution in [0.1, 0.15) is 24.8 Å². The van der Waals surface area contributed by atoms with Crippen LogP contribution in [-0.4, -0.2) is 6.54 Å². The van der Waals surface area contributed by atoms with Crippen LogP contribution >= 0.6 is 11.8 Å². The van der Waals surface area contributed by atoms with Crippen LogP contribution in [0.5, 0.6) is 0 Å². The summed E-state index contributed by atoms with van der Waals surface area (Å²) in [4.78, 5) is 1.30. The highest BCUT2D eigenvalue weighted by molar-refractivity contribution is 8.02. The third-order valence-electron chi connectivity index (χ3n) is 3.19. The largest absolute Gasteiger partial charge is 0.313 e. The minimum absolute atomic E-state index is 0.973. The van der Waals surface area contributed by atoms with Gasteiger partial charge in [-0.1, -0.05) is 66.4 Å². The summed E-state index contributed by atoms with van der Waals surface area (Å²) in [6.45, 7) is 2.06. The molecule has 0 spiro atoms. The van der Waals surface area contributed by atoms with E-state index in [2.05, 4.69) is 77.5 Å². The van der Waals surface area contributed by atoms with E-state index in [0.29, 0.717) is 0 Å². The Kier molecular flexibility index (Phi) is 7.75. The number of hydrogen-bond donors (Lipinski definition) is 1. The van der Waals surface area contributed by atoms with E-state index in [1.165, 1.54) is 23.3 Å². The Morgan fingerprint density at radius 1 is 0.857 bits per heavy atom. The van der Waals surface area contributed by atoms with Gasteiger partial charge in [0.05, 0.1) is 0 Å². The van der Waals surface area contributed by atoms with Crippen LogP contribution in [0.3, 0.4) is 0 Å². The van der Waals surface area contributed by atoms with Gasteiger partial charge in [0, 0.05) is 11.4 Å². The number of hydrogen-bond acceptors (Lipinski definition) is 2. The Morgan fingerprint density at radius 3 is 2.33 bits per heavy atom. The molecule has 0 aliphatic rings. The molecule has 0 atom stereocenters. The molecule has 110 valence electrons. The molecule has 0 radical (unpaired) electrons. The average molecular weight is 297 g/mol. The predicted molar refractivity (Wildman–Crippen MR) is 93.4 cm³/mol. The minimum Gasteiger partial charge on any atom is -0.313 e. The Bertz CT molecular complexity index is 508.